The van der Waals surface area contributed by atoms with Gasteiger partial charge in [0.1, 0.15) is 0 Å². The van der Waals surface area contributed by atoms with Crippen LogP contribution in [-0.2, 0) is 11.3 Å². The molecule has 1 unspecified atom stereocenters. The first-order chi connectivity index (χ1) is 8.88. The minimum absolute atomic E-state index is 0.0594. The van der Waals surface area contributed by atoms with Gasteiger partial charge in [0.2, 0.25) is 0 Å². The molecule has 0 amide bonds. The van der Waals surface area contributed by atoms with Crippen molar-refractivity contribution in [3.8, 4) is 0 Å². The van der Waals surface area contributed by atoms with Gasteiger partial charge in [-0.1, -0.05) is 29.8 Å². The number of hydrogen-bond donors (Lipinski definition) is 2. The third-order valence-corrected chi connectivity index (χ3v) is 2.60. The van der Waals surface area contributed by atoms with Gasteiger partial charge < -0.3 is 15.2 Å². The minimum Gasteiger partial charge on any atom is -0.389 e. The number of benzene rings is 1. The number of rotatable bonds is 7. The Morgan fingerprint density at radius 1 is 1.32 bits per heavy atom. The van der Waals surface area contributed by atoms with Crippen LogP contribution >= 0.6 is 11.6 Å². The molecule has 7 heteroatoms. The highest BCUT2D eigenvalue weighted by atomic mass is 35.5. The Kier molecular flexibility index (Phi) is 6.57. The molecule has 19 heavy (non-hydrogen) atoms. The molecule has 0 spiro atoms. The molecule has 108 valence electrons. The molecule has 1 atom stereocenters. The van der Waals surface area contributed by atoms with E-state index in [1.165, 1.54) is 0 Å². The van der Waals surface area contributed by atoms with Crippen molar-refractivity contribution in [1.29, 1.82) is 0 Å². The summed E-state index contributed by atoms with van der Waals surface area (Å²) in [5, 5.41) is 12.1. The highest BCUT2D eigenvalue weighted by Crippen LogP contribution is 2.15. The first-order valence-electron chi connectivity index (χ1n) is 5.65. The van der Waals surface area contributed by atoms with E-state index in [0.717, 1.165) is 5.56 Å². The zero-order valence-electron chi connectivity index (χ0n) is 10.1. The first-order valence-corrected chi connectivity index (χ1v) is 6.03. The highest BCUT2D eigenvalue weighted by Gasteiger charge is 2.26. The second-order valence-corrected chi connectivity index (χ2v) is 4.41. The van der Waals surface area contributed by atoms with Crippen molar-refractivity contribution in [2.24, 2.45) is 0 Å². The lowest BCUT2D eigenvalue weighted by molar-refractivity contribution is -0.125. The van der Waals surface area contributed by atoms with Crippen LogP contribution in [0.2, 0.25) is 5.02 Å². The fraction of sp³-hybridized carbons (Fsp3) is 0.500. The molecule has 1 aromatic carbocycles. The molecule has 1 rings (SSSR count). The SMILES string of the molecule is OC(CNCC(F)(F)F)COCc1ccccc1Cl. The van der Waals surface area contributed by atoms with Crippen LogP contribution in [0.25, 0.3) is 0 Å². The largest absolute Gasteiger partial charge is 0.401 e. The number of halogens is 4. The van der Waals surface area contributed by atoms with Gasteiger partial charge >= 0.3 is 6.18 Å². The summed E-state index contributed by atoms with van der Waals surface area (Å²) in [5.41, 5.74) is 0.764. The van der Waals surface area contributed by atoms with E-state index in [-0.39, 0.29) is 19.8 Å². The van der Waals surface area contributed by atoms with Crippen LogP contribution in [0.5, 0.6) is 0 Å². The molecular formula is C12H15ClF3NO2. The minimum atomic E-state index is -4.28. The number of ether oxygens (including phenoxy) is 1. The van der Waals surface area contributed by atoms with Crippen molar-refractivity contribution < 1.29 is 23.0 Å². The van der Waals surface area contributed by atoms with Crippen molar-refractivity contribution in [2.45, 2.75) is 18.9 Å². The molecule has 0 aliphatic rings. The Bertz CT molecular complexity index is 387. The molecule has 0 aromatic heterocycles. The predicted octanol–water partition coefficient (Wildman–Crippen LogP) is 2.37. The lowest BCUT2D eigenvalue weighted by Gasteiger charge is -2.13. The second-order valence-electron chi connectivity index (χ2n) is 4.01. The fourth-order valence-corrected chi connectivity index (χ4v) is 1.55. The maximum atomic E-state index is 11.8. The van der Waals surface area contributed by atoms with Crippen LogP contribution in [0.1, 0.15) is 5.56 Å². The summed E-state index contributed by atoms with van der Waals surface area (Å²) in [7, 11) is 0. The molecule has 0 bridgehead atoms. The van der Waals surface area contributed by atoms with Crippen molar-refractivity contribution >= 4 is 11.6 Å². The van der Waals surface area contributed by atoms with Crippen LogP contribution in [0.3, 0.4) is 0 Å². The van der Waals surface area contributed by atoms with Gasteiger partial charge in [0, 0.05) is 11.6 Å². The van der Waals surface area contributed by atoms with Gasteiger partial charge in [0.05, 0.1) is 25.9 Å². The van der Waals surface area contributed by atoms with Gasteiger partial charge in [-0.15, -0.1) is 0 Å². The molecule has 0 aliphatic carbocycles. The molecule has 0 radical (unpaired) electrons. The van der Waals surface area contributed by atoms with E-state index in [2.05, 4.69) is 5.32 Å². The summed E-state index contributed by atoms with van der Waals surface area (Å²) in [6.45, 7) is -1.16. The maximum Gasteiger partial charge on any atom is 0.401 e. The van der Waals surface area contributed by atoms with Gasteiger partial charge in [-0.2, -0.15) is 13.2 Å². The summed E-state index contributed by atoms with van der Waals surface area (Å²) in [6.07, 6.45) is -5.28. The Labute approximate surface area is 114 Å². The van der Waals surface area contributed by atoms with Crippen LogP contribution in [0.4, 0.5) is 13.2 Å². The molecule has 0 saturated heterocycles. The topological polar surface area (TPSA) is 41.5 Å². The van der Waals surface area contributed by atoms with Crippen LogP contribution in [0, 0.1) is 0 Å². The first kappa shape index (κ1) is 16.2. The molecule has 2 N–H and O–H groups in total. The van der Waals surface area contributed by atoms with Gasteiger partial charge in [-0.3, -0.25) is 0 Å². The average molecular weight is 298 g/mol. The Morgan fingerprint density at radius 3 is 2.63 bits per heavy atom. The van der Waals surface area contributed by atoms with E-state index in [9.17, 15) is 18.3 Å². The summed E-state index contributed by atoms with van der Waals surface area (Å²) >= 11 is 5.89. The molecule has 0 saturated carbocycles. The average Bonchev–Trinajstić information content (AvgIpc) is 2.30. The summed E-state index contributed by atoms with van der Waals surface area (Å²) < 4.78 is 40.7. The fourth-order valence-electron chi connectivity index (χ4n) is 1.36. The summed E-state index contributed by atoms with van der Waals surface area (Å²) in [6, 6.07) is 7.06. The Hall–Kier alpha value is -0.820. The zero-order chi connectivity index (χ0) is 14.3. The lowest BCUT2D eigenvalue weighted by atomic mass is 10.2. The van der Waals surface area contributed by atoms with Crippen LogP contribution in [-0.4, -0.2) is 37.1 Å². The zero-order valence-corrected chi connectivity index (χ0v) is 10.8. The predicted molar refractivity (Wildman–Crippen MR) is 66.0 cm³/mol. The third-order valence-electron chi connectivity index (χ3n) is 2.23. The van der Waals surface area contributed by atoms with Crippen molar-refractivity contribution in [3.63, 3.8) is 0 Å². The number of hydrogen-bond acceptors (Lipinski definition) is 3. The molecule has 0 heterocycles. The van der Waals surface area contributed by atoms with Crippen LogP contribution < -0.4 is 5.32 Å². The highest BCUT2D eigenvalue weighted by molar-refractivity contribution is 6.31. The standard InChI is InChI=1S/C12H15ClF3NO2/c13-11-4-2-1-3-9(11)6-19-7-10(18)5-17-8-12(14,15)16/h1-4,10,17-18H,5-8H2. The van der Waals surface area contributed by atoms with Gasteiger partial charge in [-0.05, 0) is 11.6 Å². The quantitative estimate of drug-likeness (QED) is 0.812. The molecular weight excluding hydrogens is 283 g/mol. The molecule has 0 aliphatic heterocycles. The number of nitrogens with one attached hydrogen (secondary N) is 1. The summed E-state index contributed by atoms with van der Waals surface area (Å²) in [4.78, 5) is 0. The van der Waals surface area contributed by atoms with Crippen molar-refractivity contribution in [2.75, 3.05) is 19.7 Å². The summed E-state index contributed by atoms with van der Waals surface area (Å²) in [5.74, 6) is 0. The van der Waals surface area contributed by atoms with Crippen molar-refractivity contribution in [1.82, 2.24) is 5.32 Å². The molecule has 1 aromatic rings. The number of aliphatic hydroxyl groups is 1. The van der Waals surface area contributed by atoms with E-state index < -0.39 is 18.8 Å². The maximum absolute atomic E-state index is 11.8. The van der Waals surface area contributed by atoms with E-state index in [1.807, 2.05) is 0 Å². The van der Waals surface area contributed by atoms with E-state index >= 15 is 0 Å². The molecule has 3 nitrogen and oxygen atoms in total. The van der Waals surface area contributed by atoms with E-state index in [4.69, 9.17) is 16.3 Å². The second kappa shape index (κ2) is 7.69. The normalized spacial score (nSPS) is 13.5. The number of aliphatic hydroxyl groups excluding tert-OH is 1. The van der Waals surface area contributed by atoms with Crippen LogP contribution in [0.15, 0.2) is 24.3 Å². The monoisotopic (exact) mass is 297 g/mol. The van der Waals surface area contributed by atoms with Gasteiger partial charge in [0.25, 0.3) is 0 Å². The molecule has 0 fully saturated rings. The third kappa shape index (κ3) is 7.37. The van der Waals surface area contributed by atoms with E-state index in [0.29, 0.717) is 5.02 Å². The Balaban J connectivity index is 2.17. The smallest absolute Gasteiger partial charge is 0.389 e. The van der Waals surface area contributed by atoms with Gasteiger partial charge in [-0.25, -0.2) is 0 Å². The Morgan fingerprint density at radius 2 is 2.00 bits per heavy atom. The van der Waals surface area contributed by atoms with Gasteiger partial charge in [0.15, 0.2) is 0 Å². The van der Waals surface area contributed by atoms with E-state index in [1.54, 1.807) is 24.3 Å². The number of alkyl halides is 3. The lowest BCUT2D eigenvalue weighted by Crippen LogP contribution is -2.36. The van der Waals surface area contributed by atoms with Crippen molar-refractivity contribution in [3.05, 3.63) is 34.9 Å².